The van der Waals surface area contributed by atoms with Crippen molar-refractivity contribution in [2.45, 2.75) is 20.0 Å². The van der Waals surface area contributed by atoms with Crippen molar-refractivity contribution >= 4 is 17.5 Å². The fourth-order valence-electron chi connectivity index (χ4n) is 2.51. The maximum Gasteiger partial charge on any atom is 0.254 e. The van der Waals surface area contributed by atoms with Crippen LogP contribution in [0.5, 0.6) is 5.88 Å². The van der Waals surface area contributed by atoms with Gasteiger partial charge in [-0.3, -0.25) is 9.59 Å². The quantitative estimate of drug-likeness (QED) is 0.936. The largest absolute Gasteiger partial charge is 0.471 e. The lowest BCUT2D eigenvalue weighted by atomic mass is 10.1. The lowest BCUT2D eigenvalue weighted by molar-refractivity contribution is -0.114. The van der Waals surface area contributed by atoms with E-state index < -0.39 is 0 Å². The van der Waals surface area contributed by atoms with Gasteiger partial charge in [-0.05, 0) is 37.3 Å². The summed E-state index contributed by atoms with van der Waals surface area (Å²) in [7, 11) is 0. The van der Waals surface area contributed by atoms with Crippen LogP contribution in [0.4, 0.5) is 5.69 Å². The highest BCUT2D eigenvalue weighted by molar-refractivity contribution is 5.96. The lowest BCUT2D eigenvalue weighted by Gasteiger charge is -2.38. The van der Waals surface area contributed by atoms with Crippen molar-refractivity contribution in [2.75, 3.05) is 18.4 Å². The third-order valence-corrected chi connectivity index (χ3v) is 3.74. The Balaban J connectivity index is 1.53. The monoisotopic (exact) mass is 325 g/mol. The van der Waals surface area contributed by atoms with Gasteiger partial charge in [0.15, 0.2) is 0 Å². The Kier molecular flexibility index (Phi) is 4.46. The predicted octanol–water partition coefficient (Wildman–Crippen LogP) is 2.25. The van der Waals surface area contributed by atoms with E-state index in [2.05, 4.69) is 10.3 Å². The number of hydrogen-bond donors (Lipinski definition) is 1. The van der Waals surface area contributed by atoms with E-state index in [9.17, 15) is 9.59 Å². The number of hydrogen-bond acceptors (Lipinski definition) is 4. The smallest absolute Gasteiger partial charge is 0.254 e. The molecule has 1 aliphatic rings. The zero-order valence-corrected chi connectivity index (χ0v) is 13.7. The SMILES string of the molecule is CC(=O)Nc1ccc(C(=O)N2CC(Oc3cccc(C)n3)C2)cc1. The number of nitrogens with one attached hydrogen (secondary N) is 1. The molecule has 1 fully saturated rings. The minimum absolute atomic E-state index is 0.0260. The van der Waals surface area contributed by atoms with Crippen molar-refractivity contribution < 1.29 is 14.3 Å². The van der Waals surface area contributed by atoms with Gasteiger partial charge in [0.2, 0.25) is 11.8 Å². The summed E-state index contributed by atoms with van der Waals surface area (Å²) in [5.74, 6) is 0.412. The second-order valence-corrected chi connectivity index (χ2v) is 5.83. The van der Waals surface area contributed by atoms with Gasteiger partial charge in [-0.15, -0.1) is 0 Å². The highest BCUT2D eigenvalue weighted by Crippen LogP contribution is 2.19. The van der Waals surface area contributed by atoms with Gasteiger partial charge in [0.05, 0.1) is 13.1 Å². The summed E-state index contributed by atoms with van der Waals surface area (Å²) >= 11 is 0. The van der Waals surface area contributed by atoms with E-state index in [0.29, 0.717) is 30.2 Å². The number of pyridine rings is 1. The van der Waals surface area contributed by atoms with E-state index in [1.165, 1.54) is 6.92 Å². The molecule has 6 nitrogen and oxygen atoms in total. The summed E-state index contributed by atoms with van der Waals surface area (Å²) in [6.07, 6.45) is -0.0260. The average molecular weight is 325 g/mol. The molecule has 1 aliphatic heterocycles. The van der Waals surface area contributed by atoms with Crippen LogP contribution in [-0.4, -0.2) is 40.9 Å². The van der Waals surface area contributed by atoms with Crippen LogP contribution in [0.15, 0.2) is 42.5 Å². The van der Waals surface area contributed by atoms with Crippen molar-refractivity contribution in [1.82, 2.24) is 9.88 Å². The second kappa shape index (κ2) is 6.70. The molecular formula is C18H19N3O3. The number of carbonyl (C=O) groups excluding carboxylic acids is 2. The molecule has 2 aromatic rings. The molecule has 1 saturated heterocycles. The first-order valence-electron chi connectivity index (χ1n) is 7.78. The third-order valence-electron chi connectivity index (χ3n) is 3.74. The number of rotatable bonds is 4. The van der Waals surface area contributed by atoms with Crippen molar-refractivity contribution in [3.8, 4) is 5.88 Å². The van der Waals surface area contributed by atoms with Gasteiger partial charge in [-0.1, -0.05) is 6.07 Å². The Labute approximate surface area is 140 Å². The fourth-order valence-corrected chi connectivity index (χ4v) is 2.51. The predicted molar refractivity (Wildman–Crippen MR) is 90.0 cm³/mol. The van der Waals surface area contributed by atoms with Gasteiger partial charge < -0.3 is 15.0 Å². The van der Waals surface area contributed by atoms with Crippen LogP contribution in [0.2, 0.25) is 0 Å². The molecule has 24 heavy (non-hydrogen) atoms. The van der Waals surface area contributed by atoms with Crippen LogP contribution in [0.3, 0.4) is 0 Å². The number of benzene rings is 1. The molecule has 0 atom stereocenters. The number of aromatic nitrogens is 1. The maximum atomic E-state index is 12.4. The van der Waals surface area contributed by atoms with E-state index in [1.54, 1.807) is 29.2 Å². The number of amides is 2. The van der Waals surface area contributed by atoms with Crippen molar-refractivity contribution in [3.63, 3.8) is 0 Å². The number of carbonyl (C=O) groups is 2. The van der Waals surface area contributed by atoms with Crippen molar-refractivity contribution in [2.24, 2.45) is 0 Å². The Bertz CT molecular complexity index is 752. The van der Waals surface area contributed by atoms with Gasteiger partial charge in [-0.2, -0.15) is 0 Å². The molecule has 2 amide bonds. The zero-order chi connectivity index (χ0) is 17.1. The molecule has 0 bridgehead atoms. The highest BCUT2D eigenvalue weighted by Gasteiger charge is 2.33. The minimum atomic E-state index is -0.137. The van der Waals surface area contributed by atoms with E-state index in [-0.39, 0.29) is 17.9 Å². The molecule has 0 aliphatic carbocycles. The van der Waals surface area contributed by atoms with E-state index in [0.717, 1.165) is 5.69 Å². The number of likely N-dealkylation sites (tertiary alicyclic amines) is 1. The van der Waals surface area contributed by atoms with E-state index in [4.69, 9.17) is 4.74 Å². The molecule has 0 spiro atoms. The number of ether oxygens (including phenoxy) is 1. The second-order valence-electron chi connectivity index (χ2n) is 5.83. The summed E-state index contributed by atoms with van der Waals surface area (Å²) in [6.45, 7) is 4.44. The summed E-state index contributed by atoms with van der Waals surface area (Å²) < 4.78 is 5.76. The number of anilines is 1. The minimum Gasteiger partial charge on any atom is -0.471 e. The van der Waals surface area contributed by atoms with E-state index >= 15 is 0 Å². The molecule has 6 heteroatoms. The molecule has 1 N–H and O–H groups in total. The molecular weight excluding hydrogens is 306 g/mol. The van der Waals surface area contributed by atoms with Crippen LogP contribution in [-0.2, 0) is 4.79 Å². The van der Waals surface area contributed by atoms with Crippen molar-refractivity contribution in [1.29, 1.82) is 0 Å². The number of nitrogens with zero attached hydrogens (tertiary/aromatic N) is 2. The Morgan fingerprint density at radius 1 is 1.17 bits per heavy atom. The van der Waals surface area contributed by atoms with Gasteiger partial charge in [0.1, 0.15) is 6.10 Å². The normalized spacial score (nSPS) is 14.0. The topological polar surface area (TPSA) is 71.5 Å². The third kappa shape index (κ3) is 3.71. The summed E-state index contributed by atoms with van der Waals surface area (Å²) in [6, 6.07) is 12.5. The van der Waals surface area contributed by atoms with Gasteiger partial charge in [0, 0.05) is 29.9 Å². The molecule has 3 rings (SSSR count). The Morgan fingerprint density at radius 2 is 1.88 bits per heavy atom. The zero-order valence-electron chi connectivity index (χ0n) is 13.7. The lowest BCUT2D eigenvalue weighted by Crippen LogP contribution is -2.56. The summed E-state index contributed by atoms with van der Waals surface area (Å²) in [5, 5.41) is 2.68. The molecule has 0 radical (unpaired) electrons. The van der Waals surface area contributed by atoms with Crippen LogP contribution >= 0.6 is 0 Å². The molecule has 0 unspecified atom stereocenters. The highest BCUT2D eigenvalue weighted by atomic mass is 16.5. The average Bonchev–Trinajstić information content (AvgIpc) is 2.50. The van der Waals surface area contributed by atoms with Crippen LogP contribution < -0.4 is 10.1 Å². The van der Waals surface area contributed by atoms with Gasteiger partial charge in [0.25, 0.3) is 5.91 Å². The van der Waals surface area contributed by atoms with Crippen LogP contribution in [0, 0.1) is 6.92 Å². The first-order valence-corrected chi connectivity index (χ1v) is 7.78. The van der Waals surface area contributed by atoms with Gasteiger partial charge >= 0.3 is 0 Å². The molecule has 1 aromatic carbocycles. The molecule has 1 aromatic heterocycles. The molecule has 124 valence electrons. The van der Waals surface area contributed by atoms with Gasteiger partial charge in [-0.25, -0.2) is 4.98 Å². The van der Waals surface area contributed by atoms with Crippen molar-refractivity contribution in [3.05, 3.63) is 53.7 Å². The standard InChI is InChI=1S/C18H19N3O3/c1-12-4-3-5-17(19-12)24-16-10-21(11-16)18(23)14-6-8-15(9-7-14)20-13(2)22/h3-9,16H,10-11H2,1-2H3,(H,20,22). The summed E-state index contributed by atoms with van der Waals surface area (Å²) in [5.41, 5.74) is 2.17. The van der Waals surface area contributed by atoms with Crippen LogP contribution in [0.25, 0.3) is 0 Å². The maximum absolute atomic E-state index is 12.4. The summed E-state index contributed by atoms with van der Waals surface area (Å²) in [4.78, 5) is 29.4. The van der Waals surface area contributed by atoms with Crippen LogP contribution in [0.1, 0.15) is 23.0 Å². The first-order chi connectivity index (χ1) is 11.5. The van der Waals surface area contributed by atoms with E-state index in [1.807, 2.05) is 25.1 Å². The molecule has 2 heterocycles. The fraction of sp³-hybridized carbons (Fsp3) is 0.278. The Hall–Kier alpha value is -2.89. The Morgan fingerprint density at radius 3 is 2.50 bits per heavy atom. The molecule has 0 saturated carbocycles. The first kappa shape index (κ1) is 16.0. The number of aryl methyl sites for hydroxylation is 1.